The molecule has 0 saturated carbocycles. The molecule has 1 saturated heterocycles. The van der Waals surface area contributed by atoms with Crippen LogP contribution < -0.4 is 21.3 Å². The van der Waals surface area contributed by atoms with Crippen molar-refractivity contribution in [1.82, 2.24) is 36.5 Å². The summed E-state index contributed by atoms with van der Waals surface area (Å²) in [5.41, 5.74) is 0. The van der Waals surface area contributed by atoms with Gasteiger partial charge in [-0.2, -0.15) is 0 Å². The third kappa shape index (κ3) is 16.4. The maximum atomic E-state index is 13.6. The van der Waals surface area contributed by atoms with Gasteiger partial charge in [-0.3, -0.25) is 58.8 Å². The number of nitrogens with zero attached hydrogens (tertiary/aromatic N) is 3. The first-order valence-electron chi connectivity index (χ1n) is 15.6. The fourth-order valence-corrected chi connectivity index (χ4v) is 4.56. The molecule has 19 heteroatoms. The fraction of sp³-hybridized carbons (Fsp3) is 0.690. The highest BCUT2D eigenvalue weighted by atomic mass is 16.5. The Balaban J connectivity index is 3.36. The predicted octanol–water partition coefficient (Wildman–Crippen LogP) is -1.82. The largest absolute Gasteiger partial charge is 0.349 e. The highest BCUT2D eigenvalue weighted by Crippen LogP contribution is 2.15. The lowest BCUT2D eigenvalue weighted by molar-refractivity contribution is -0.163. The van der Waals surface area contributed by atoms with Crippen LogP contribution in [0.25, 0.3) is 0 Å². The summed E-state index contributed by atoms with van der Waals surface area (Å²) in [4.78, 5) is 112. The van der Waals surface area contributed by atoms with Crippen LogP contribution in [0.5, 0.6) is 0 Å². The van der Waals surface area contributed by atoms with E-state index in [1.807, 2.05) is 0 Å². The molecule has 48 heavy (non-hydrogen) atoms. The molecule has 1 aliphatic rings. The summed E-state index contributed by atoms with van der Waals surface area (Å²) in [6.07, 6.45) is -1.10. The second-order valence-corrected chi connectivity index (χ2v) is 11.4. The van der Waals surface area contributed by atoms with Crippen molar-refractivity contribution in [2.45, 2.75) is 90.6 Å². The Bertz CT molecular complexity index is 1170. The van der Waals surface area contributed by atoms with E-state index in [1.54, 1.807) is 0 Å². The summed E-state index contributed by atoms with van der Waals surface area (Å²) >= 11 is 0. The number of Topliss-reactive ketones (excluding diaryl/α,β-unsaturated/α-hetero) is 2. The first-order valence-corrected chi connectivity index (χ1v) is 15.6. The van der Waals surface area contributed by atoms with Gasteiger partial charge in [0.05, 0.1) is 13.1 Å². The van der Waals surface area contributed by atoms with Crippen LogP contribution in [0.15, 0.2) is 0 Å². The lowest BCUT2D eigenvalue weighted by atomic mass is 9.94. The number of carbonyl (C=O) groups excluding carboxylic acids is 9. The highest BCUT2D eigenvalue weighted by Gasteiger charge is 2.30. The molecule has 1 heterocycles. The number of carbonyl (C=O) groups is 9. The first-order chi connectivity index (χ1) is 22.5. The normalized spacial score (nSPS) is 20.3. The van der Waals surface area contributed by atoms with Gasteiger partial charge in [0.15, 0.2) is 11.6 Å². The molecule has 0 radical (unpaired) electrons. The lowest BCUT2D eigenvalue weighted by Crippen LogP contribution is -2.55. The van der Waals surface area contributed by atoms with Crippen LogP contribution in [0.4, 0.5) is 0 Å². The number of rotatable bonds is 12. The van der Waals surface area contributed by atoms with Crippen LogP contribution in [-0.2, 0) is 43.2 Å². The van der Waals surface area contributed by atoms with E-state index in [1.165, 1.54) is 0 Å². The standard InChI is InChI=1S/C29H47N7O12/c1-18(37)34(46)12-4-7-21-15-23(41)17-30-26(42)11-10-22(40)16-31-28(44)24(8-5-13-35(47)19(2)38)33-29(45)25(32-27(21)43)9-6-14-36(48)20(3)39/h21,24-25,46-48H,4-17H2,1-3H3,(H,30,42)(H,31,44)(H,32,43)(H,33,45)/t21-,24+,25+/m1/s1. The molecule has 0 spiro atoms. The minimum atomic E-state index is -1.36. The van der Waals surface area contributed by atoms with E-state index in [2.05, 4.69) is 21.3 Å². The van der Waals surface area contributed by atoms with Crippen molar-refractivity contribution in [1.29, 1.82) is 0 Å². The van der Waals surface area contributed by atoms with Crippen LogP contribution >= 0.6 is 0 Å². The van der Waals surface area contributed by atoms with Gasteiger partial charge in [0, 0.05) is 65.6 Å². The van der Waals surface area contributed by atoms with Crippen molar-refractivity contribution in [3.05, 3.63) is 0 Å². The van der Waals surface area contributed by atoms with Gasteiger partial charge in [-0.05, 0) is 38.5 Å². The zero-order valence-corrected chi connectivity index (χ0v) is 27.5. The fourth-order valence-electron chi connectivity index (χ4n) is 4.56. The van der Waals surface area contributed by atoms with Crippen molar-refractivity contribution in [3.63, 3.8) is 0 Å². The molecule has 3 atom stereocenters. The Morgan fingerprint density at radius 1 is 0.604 bits per heavy atom. The average Bonchev–Trinajstić information content (AvgIpc) is 3.02. The van der Waals surface area contributed by atoms with Gasteiger partial charge < -0.3 is 21.3 Å². The summed E-state index contributed by atoms with van der Waals surface area (Å²) in [6, 6.07) is -2.66. The summed E-state index contributed by atoms with van der Waals surface area (Å²) < 4.78 is 0. The zero-order chi connectivity index (χ0) is 36.4. The molecule has 1 rings (SSSR count). The maximum Gasteiger partial charge on any atom is 0.243 e. The van der Waals surface area contributed by atoms with Gasteiger partial charge >= 0.3 is 0 Å². The third-order valence-corrected chi connectivity index (χ3v) is 7.42. The van der Waals surface area contributed by atoms with E-state index in [0.29, 0.717) is 15.2 Å². The monoisotopic (exact) mass is 685 g/mol. The summed E-state index contributed by atoms with van der Waals surface area (Å²) in [5.74, 6) is -7.14. The van der Waals surface area contributed by atoms with E-state index in [-0.39, 0.29) is 71.0 Å². The number of hydrogen-bond donors (Lipinski definition) is 7. The molecule has 0 unspecified atom stereocenters. The van der Waals surface area contributed by atoms with E-state index in [0.717, 1.165) is 20.8 Å². The van der Waals surface area contributed by atoms with Crippen LogP contribution in [0.1, 0.15) is 78.6 Å². The Kier molecular flexibility index (Phi) is 18.5. The first kappa shape index (κ1) is 41.5. The van der Waals surface area contributed by atoms with E-state index >= 15 is 0 Å². The Morgan fingerprint density at radius 3 is 1.54 bits per heavy atom. The van der Waals surface area contributed by atoms with E-state index in [9.17, 15) is 58.8 Å². The van der Waals surface area contributed by atoms with Crippen molar-refractivity contribution in [2.24, 2.45) is 5.92 Å². The molecule has 19 nitrogen and oxygen atoms in total. The van der Waals surface area contributed by atoms with Gasteiger partial charge in [-0.25, -0.2) is 15.2 Å². The molecule has 0 aromatic heterocycles. The molecule has 0 aromatic rings. The minimum Gasteiger partial charge on any atom is -0.349 e. The average molecular weight is 686 g/mol. The second kappa shape index (κ2) is 21.4. The molecular weight excluding hydrogens is 638 g/mol. The quantitative estimate of drug-likeness (QED) is 0.0884. The van der Waals surface area contributed by atoms with Gasteiger partial charge in [-0.15, -0.1) is 0 Å². The summed E-state index contributed by atoms with van der Waals surface area (Å²) in [5, 5.41) is 40.3. The highest BCUT2D eigenvalue weighted by molar-refractivity contribution is 5.96. The number of hydrogen-bond acceptors (Lipinski definition) is 12. The SMILES string of the molecule is CC(=O)N(O)CCC[C@@H]1CC(=O)CNC(=O)CCC(=O)CNC(=O)[C@H](CCCN(O)C(C)=O)NC(=O)[C@H](CCCN(O)C(C)=O)NC1=O. The van der Waals surface area contributed by atoms with Crippen LogP contribution in [-0.4, -0.2) is 129 Å². The number of nitrogens with one attached hydrogen (secondary N) is 4. The lowest BCUT2D eigenvalue weighted by Gasteiger charge is -2.26. The van der Waals surface area contributed by atoms with Crippen molar-refractivity contribution in [3.8, 4) is 0 Å². The van der Waals surface area contributed by atoms with Gasteiger partial charge in [-0.1, -0.05) is 0 Å². The maximum absolute atomic E-state index is 13.6. The third-order valence-electron chi connectivity index (χ3n) is 7.42. The van der Waals surface area contributed by atoms with Crippen LogP contribution in [0.2, 0.25) is 0 Å². The number of ketones is 2. The Labute approximate surface area is 277 Å². The molecular formula is C29H47N7O12. The van der Waals surface area contributed by atoms with Crippen molar-refractivity contribution < 1.29 is 58.8 Å². The van der Waals surface area contributed by atoms with Crippen LogP contribution in [0.3, 0.4) is 0 Å². The Hall–Kier alpha value is -4.49. The zero-order valence-electron chi connectivity index (χ0n) is 27.5. The van der Waals surface area contributed by atoms with E-state index < -0.39 is 90.4 Å². The van der Waals surface area contributed by atoms with Gasteiger partial charge in [0.2, 0.25) is 41.4 Å². The molecule has 0 bridgehead atoms. The second-order valence-electron chi connectivity index (χ2n) is 11.4. The van der Waals surface area contributed by atoms with Crippen LogP contribution in [0, 0.1) is 5.92 Å². The van der Waals surface area contributed by atoms with Crippen molar-refractivity contribution in [2.75, 3.05) is 32.7 Å². The van der Waals surface area contributed by atoms with Gasteiger partial charge in [0.25, 0.3) is 0 Å². The summed E-state index contributed by atoms with van der Waals surface area (Å²) in [6.45, 7) is 1.86. The van der Waals surface area contributed by atoms with E-state index in [4.69, 9.17) is 0 Å². The smallest absolute Gasteiger partial charge is 0.243 e. The molecule has 0 aromatic carbocycles. The molecule has 7 N–H and O–H groups in total. The number of amides is 7. The molecule has 1 fully saturated rings. The predicted molar refractivity (Wildman–Crippen MR) is 162 cm³/mol. The Morgan fingerprint density at radius 2 is 1.04 bits per heavy atom. The minimum absolute atomic E-state index is 0.00556. The van der Waals surface area contributed by atoms with Gasteiger partial charge in [0.1, 0.15) is 12.1 Å². The number of hydroxylamine groups is 6. The summed E-state index contributed by atoms with van der Waals surface area (Å²) in [7, 11) is 0. The topological polar surface area (TPSA) is 272 Å². The molecule has 0 aliphatic carbocycles. The molecule has 270 valence electrons. The van der Waals surface area contributed by atoms with Crippen molar-refractivity contribution >= 4 is 52.9 Å². The molecule has 7 amide bonds. The molecule has 1 aliphatic heterocycles.